The molecule has 1 aliphatic rings. The summed E-state index contributed by atoms with van der Waals surface area (Å²) in [6.45, 7) is 3.55. The molecule has 0 saturated heterocycles. The van der Waals surface area contributed by atoms with E-state index in [9.17, 15) is 0 Å². The molecule has 2 aromatic rings. The average Bonchev–Trinajstić information content (AvgIpc) is 3.20. The number of aromatic nitrogens is 3. The van der Waals surface area contributed by atoms with Gasteiger partial charge in [-0.15, -0.1) is 24.0 Å². The molecule has 0 aliphatic carbocycles. The van der Waals surface area contributed by atoms with Crippen LogP contribution >= 0.6 is 24.0 Å². The van der Waals surface area contributed by atoms with Gasteiger partial charge in [-0.2, -0.15) is 5.10 Å². The van der Waals surface area contributed by atoms with Gasteiger partial charge in [0.25, 0.3) is 0 Å². The minimum absolute atomic E-state index is 0. The van der Waals surface area contributed by atoms with Crippen molar-refractivity contribution in [3.8, 4) is 17.2 Å². The van der Waals surface area contributed by atoms with Crippen LogP contribution in [0, 0.1) is 0 Å². The SMILES string of the molecule is CCc1nc2n(n1)CC(NC(=NC)NCCc1c(OC)cc(OC)cc1OC)CC2.I. The van der Waals surface area contributed by atoms with Gasteiger partial charge >= 0.3 is 0 Å². The van der Waals surface area contributed by atoms with Crippen LogP contribution < -0.4 is 24.8 Å². The molecule has 1 aromatic carbocycles. The van der Waals surface area contributed by atoms with E-state index >= 15 is 0 Å². The van der Waals surface area contributed by atoms with Gasteiger partial charge in [0, 0.05) is 50.2 Å². The second-order valence-corrected chi connectivity index (χ2v) is 7.12. The van der Waals surface area contributed by atoms with Crippen LogP contribution in [0.15, 0.2) is 17.1 Å². The Kier molecular flexibility index (Phi) is 9.66. The molecule has 3 rings (SSSR count). The van der Waals surface area contributed by atoms with E-state index in [4.69, 9.17) is 14.2 Å². The maximum absolute atomic E-state index is 5.53. The van der Waals surface area contributed by atoms with Crippen molar-refractivity contribution in [2.75, 3.05) is 34.9 Å². The Labute approximate surface area is 201 Å². The topological polar surface area (TPSA) is 94.8 Å². The number of hydrogen-bond donors (Lipinski definition) is 2. The predicted molar refractivity (Wildman–Crippen MR) is 131 cm³/mol. The summed E-state index contributed by atoms with van der Waals surface area (Å²) in [4.78, 5) is 8.95. The van der Waals surface area contributed by atoms with Gasteiger partial charge in [0.15, 0.2) is 11.8 Å². The molecule has 0 amide bonds. The summed E-state index contributed by atoms with van der Waals surface area (Å²) in [6.07, 6.45) is 3.50. The number of rotatable bonds is 8. The van der Waals surface area contributed by atoms with Gasteiger partial charge in [-0.1, -0.05) is 6.92 Å². The van der Waals surface area contributed by atoms with E-state index < -0.39 is 0 Å². The molecule has 10 heteroatoms. The monoisotopic (exact) mass is 544 g/mol. The lowest BCUT2D eigenvalue weighted by molar-refractivity contribution is 0.368. The number of halogens is 1. The molecule has 1 aliphatic heterocycles. The van der Waals surface area contributed by atoms with Gasteiger partial charge in [-0.3, -0.25) is 4.99 Å². The van der Waals surface area contributed by atoms with Crippen molar-refractivity contribution in [2.24, 2.45) is 4.99 Å². The molecule has 1 unspecified atom stereocenters. The van der Waals surface area contributed by atoms with Crippen molar-refractivity contribution in [2.45, 2.75) is 45.2 Å². The molecule has 2 N–H and O–H groups in total. The Morgan fingerprint density at radius 3 is 2.48 bits per heavy atom. The number of benzene rings is 1. The lowest BCUT2D eigenvalue weighted by atomic mass is 10.1. The zero-order valence-electron chi connectivity index (χ0n) is 18.9. The molecule has 0 radical (unpaired) electrons. The highest BCUT2D eigenvalue weighted by molar-refractivity contribution is 14.0. The summed E-state index contributed by atoms with van der Waals surface area (Å²) in [5, 5.41) is 11.5. The highest BCUT2D eigenvalue weighted by atomic mass is 127. The number of guanidine groups is 1. The number of nitrogens with one attached hydrogen (secondary N) is 2. The quantitative estimate of drug-likeness (QED) is 0.299. The third kappa shape index (κ3) is 6.14. The number of fused-ring (bicyclic) bond motifs is 1. The Balaban J connectivity index is 0.00000341. The summed E-state index contributed by atoms with van der Waals surface area (Å²) >= 11 is 0. The molecule has 0 saturated carbocycles. The van der Waals surface area contributed by atoms with Crippen LogP contribution in [0.25, 0.3) is 0 Å². The summed E-state index contributed by atoms with van der Waals surface area (Å²) in [7, 11) is 6.71. The van der Waals surface area contributed by atoms with Crippen molar-refractivity contribution in [1.29, 1.82) is 0 Å². The van der Waals surface area contributed by atoms with Gasteiger partial charge in [0.2, 0.25) is 0 Å². The zero-order valence-corrected chi connectivity index (χ0v) is 21.2. The average molecular weight is 544 g/mol. The second kappa shape index (κ2) is 12.0. The van der Waals surface area contributed by atoms with E-state index in [2.05, 4.69) is 32.6 Å². The largest absolute Gasteiger partial charge is 0.496 e. The van der Waals surface area contributed by atoms with E-state index in [1.54, 1.807) is 28.4 Å². The Bertz CT molecular complexity index is 861. The summed E-state index contributed by atoms with van der Waals surface area (Å²) in [6, 6.07) is 4.00. The molecular formula is C21H33IN6O3. The van der Waals surface area contributed by atoms with Gasteiger partial charge in [0.1, 0.15) is 23.1 Å². The van der Waals surface area contributed by atoms with E-state index in [1.165, 1.54) is 0 Å². The van der Waals surface area contributed by atoms with Crippen LogP contribution in [0.3, 0.4) is 0 Å². The molecule has 0 bridgehead atoms. The van der Waals surface area contributed by atoms with Gasteiger partial charge in [-0.05, 0) is 12.8 Å². The van der Waals surface area contributed by atoms with Crippen LogP contribution in [0.4, 0.5) is 0 Å². The third-order valence-electron chi connectivity index (χ3n) is 5.27. The van der Waals surface area contributed by atoms with E-state index in [0.717, 1.165) is 66.9 Å². The first-order chi connectivity index (χ1) is 14.6. The van der Waals surface area contributed by atoms with Crippen molar-refractivity contribution in [3.63, 3.8) is 0 Å². The summed E-state index contributed by atoms with van der Waals surface area (Å²) < 4.78 is 18.4. The fourth-order valence-electron chi connectivity index (χ4n) is 3.65. The van der Waals surface area contributed by atoms with Gasteiger partial charge in [0.05, 0.1) is 27.9 Å². The van der Waals surface area contributed by atoms with Crippen LogP contribution in [0.2, 0.25) is 0 Å². The molecule has 1 atom stereocenters. The number of aliphatic imine (C=N–C) groups is 1. The van der Waals surface area contributed by atoms with Crippen molar-refractivity contribution in [1.82, 2.24) is 25.4 Å². The highest BCUT2D eigenvalue weighted by Gasteiger charge is 2.22. The van der Waals surface area contributed by atoms with Crippen molar-refractivity contribution >= 4 is 29.9 Å². The molecule has 31 heavy (non-hydrogen) atoms. The molecular weight excluding hydrogens is 511 g/mol. The fourth-order valence-corrected chi connectivity index (χ4v) is 3.65. The predicted octanol–water partition coefficient (Wildman–Crippen LogP) is 2.21. The Morgan fingerprint density at radius 1 is 1.19 bits per heavy atom. The van der Waals surface area contributed by atoms with E-state index in [0.29, 0.717) is 12.3 Å². The number of nitrogens with zero attached hydrogens (tertiary/aromatic N) is 4. The number of hydrogen-bond acceptors (Lipinski definition) is 6. The molecule has 0 fully saturated rings. The van der Waals surface area contributed by atoms with Crippen molar-refractivity contribution < 1.29 is 14.2 Å². The number of methoxy groups -OCH3 is 3. The summed E-state index contributed by atoms with van der Waals surface area (Å²) in [5.41, 5.74) is 0.987. The molecule has 172 valence electrons. The number of ether oxygens (including phenoxy) is 3. The van der Waals surface area contributed by atoms with E-state index in [1.807, 2.05) is 16.8 Å². The molecule has 0 spiro atoms. The maximum Gasteiger partial charge on any atom is 0.191 e. The first kappa shape index (κ1) is 25.0. The minimum atomic E-state index is 0. The van der Waals surface area contributed by atoms with Crippen LogP contribution in [0.5, 0.6) is 17.2 Å². The first-order valence-electron chi connectivity index (χ1n) is 10.3. The van der Waals surface area contributed by atoms with Crippen LogP contribution in [0.1, 0.15) is 30.6 Å². The standard InChI is InChI=1S/C21H32N6O3.HI/c1-6-19-25-20-8-7-14(13-27(20)26-19)24-21(22-2)23-10-9-16-17(29-4)11-15(28-3)12-18(16)30-5;/h11-12,14H,6-10,13H2,1-5H3,(H2,22,23,24);1H. The van der Waals surface area contributed by atoms with E-state index in [-0.39, 0.29) is 30.0 Å². The fraction of sp³-hybridized carbons (Fsp3) is 0.571. The van der Waals surface area contributed by atoms with Crippen LogP contribution in [-0.4, -0.2) is 61.7 Å². The third-order valence-corrected chi connectivity index (χ3v) is 5.27. The lowest BCUT2D eigenvalue weighted by Gasteiger charge is -2.25. The maximum atomic E-state index is 5.53. The summed E-state index contributed by atoms with van der Waals surface area (Å²) in [5.74, 6) is 4.95. The first-order valence-corrected chi connectivity index (χ1v) is 10.3. The van der Waals surface area contributed by atoms with Gasteiger partial charge in [-0.25, -0.2) is 9.67 Å². The Morgan fingerprint density at radius 2 is 1.90 bits per heavy atom. The number of aryl methyl sites for hydroxylation is 2. The normalized spacial score (nSPS) is 15.5. The van der Waals surface area contributed by atoms with Gasteiger partial charge < -0.3 is 24.8 Å². The Hall–Kier alpha value is -2.24. The lowest BCUT2D eigenvalue weighted by Crippen LogP contribution is -2.47. The molecule has 2 heterocycles. The minimum Gasteiger partial charge on any atom is -0.496 e. The second-order valence-electron chi connectivity index (χ2n) is 7.12. The highest BCUT2D eigenvalue weighted by Crippen LogP contribution is 2.34. The zero-order chi connectivity index (χ0) is 21.5. The van der Waals surface area contributed by atoms with Crippen molar-refractivity contribution in [3.05, 3.63) is 29.3 Å². The molecule has 9 nitrogen and oxygen atoms in total. The smallest absolute Gasteiger partial charge is 0.191 e. The molecule has 1 aromatic heterocycles. The van der Waals surface area contributed by atoms with Crippen LogP contribution in [-0.2, 0) is 25.8 Å².